The first-order chi connectivity index (χ1) is 11.0. The Bertz CT molecular complexity index is 812. The van der Waals surface area contributed by atoms with Crippen LogP contribution in [-0.4, -0.2) is 5.91 Å². The lowest BCUT2D eigenvalue weighted by molar-refractivity contribution is -0.112. The summed E-state index contributed by atoms with van der Waals surface area (Å²) in [5, 5.41) is 14.6. The van der Waals surface area contributed by atoms with E-state index in [0.717, 1.165) is 9.13 Å². The van der Waals surface area contributed by atoms with Crippen LogP contribution in [0.25, 0.3) is 0 Å². The molecule has 0 spiro atoms. The van der Waals surface area contributed by atoms with Crippen molar-refractivity contribution in [1.29, 1.82) is 5.26 Å². The molecule has 23 heavy (non-hydrogen) atoms. The van der Waals surface area contributed by atoms with Crippen molar-refractivity contribution < 1.29 is 9.18 Å². The second kappa shape index (κ2) is 7.74. The maximum atomic E-state index is 13.1. The minimum Gasteiger partial charge on any atom is -0.360 e. The van der Waals surface area contributed by atoms with Crippen LogP contribution in [0.1, 0.15) is 5.56 Å². The van der Waals surface area contributed by atoms with Gasteiger partial charge in [-0.3, -0.25) is 4.79 Å². The summed E-state index contributed by atoms with van der Waals surface area (Å²) < 4.78 is 14.1. The Morgan fingerprint density at radius 3 is 2.74 bits per heavy atom. The van der Waals surface area contributed by atoms with E-state index in [-0.39, 0.29) is 5.57 Å². The largest absolute Gasteiger partial charge is 0.360 e. The van der Waals surface area contributed by atoms with Crippen LogP contribution < -0.4 is 10.6 Å². The minimum atomic E-state index is -0.527. The van der Waals surface area contributed by atoms with Gasteiger partial charge in [-0.2, -0.15) is 5.26 Å². The summed E-state index contributed by atoms with van der Waals surface area (Å²) in [4.78, 5) is 12.2. The topological polar surface area (TPSA) is 64.9 Å². The fourth-order valence-corrected chi connectivity index (χ4v) is 2.49. The number of rotatable bonds is 4. The maximum absolute atomic E-state index is 13.1. The van der Waals surface area contributed by atoms with Crippen molar-refractivity contribution in [1.82, 2.24) is 0 Å². The van der Waals surface area contributed by atoms with Crippen LogP contribution in [0.5, 0.6) is 0 Å². The summed E-state index contributed by atoms with van der Waals surface area (Å²) in [6.45, 7) is 1.87. The van der Waals surface area contributed by atoms with Crippen molar-refractivity contribution in [3.8, 4) is 6.07 Å². The lowest BCUT2D eigenvalue weighted by Crippen LogP contribution is -2.15. The number of anilines is 2. The molecule has 0 heterocycles. The number of hydrogen-bond acceptors (Lipinski definition) is 3. The summed E-state index contributed by atoms with van der Waals surface area (Å²) >= 11 is 2.18. The van der Waals surface area contributed by atoms with Crippen LogP contribution in [0.4, 0.5) is 15.8 Å². The van der Waals surface area contributed by atoms with Gasteiger partial charge in [-0.15, -0.1) is 0 Å². The zero-order valence-electron chi connectivity index (χ0n) is 12.2. The molecule has 1 amide bonds. The van der Waals surface area contributed by atoms with E-state index in [1.54, 1.807) is 12.1 Å². The van der Waals surface area contributed by atoms with Gasteiger partial charge < -0.3 is 10.6 Å². The smallest absolute Gasteiger partial charge is 0.267 e. The van der Waals surface area contributed by atoms with Gasteiger partial charge in [0.2, 0.25) is 0 Å². The summed E-state index contributed by atoms with van der Waals surface area (Å²) in [7, 11) is 0. The van der Waals surface area contributed by atoms with E-state index < -0.39 is 11.7 Å². The summed E-state index contributed by atoms with van der Waals surface area (Å²) in [5.41, 5.74) is 1.89. The van der Waals surface area contributed by atoms with Gasteiger partial charge in [-0.1, -0.05) is 6.07 Å². The first-order valence-electron chi connectivity index (χ1n) is 6.69. The molecule has 6 heteroatoms. The Morgan fingerprint density at radius 1 is 1.30 bits per heavy atom. The van der Waals surface area contributed by atoms with Crippen LogP contribution >= 0.6 is 22.6 Å². The van der Waals surface area contributed by atoms with Gasteiger partial charge in [0.1, 0.15) is 17.5 Å². The van der Waals surface area contributed by atoms with Gasteiger partial charge in [0.15, 0.2) is 0 Å². The highest BCUT2D eigenvalue weighted by atomic mass is 127. The predicted octanol–water partition coefficient (Wildman–Crippen LogP) is 4.20. The zero-order chi connectivity index (χ0) is 16.8. The highest BCUT2D eigenvalue weighted by molar-refractivity contribution is 14.1. The number of carbonyl (C=O) groups excluding carboxylic acids is 1. The molecule has 0 radical (unpaired) electrons. The Labute approximate surface area is 147 Å². The summed E-state index contributed by atoms with van der Waals surface area (Å²) in [5.74, 6) is -0.929. The van der Waals surface area contributed by atoms with Gasteiger partial charge >= 0.3 is 0 Å². The molecule has 2 N–H and O–H groups in total. The number of benzene rings is 2. The van der Waals surface area contributed by atoms with Crippen LogP contribution in [0.15, 0.2) is 54.2 Å². The molecule has 0 aliphatic heterocycles. The number of nitrogens with zero attached hydrogens (tertiary/aromatic N) is 1. The van der Waals surface area contributed by atoms with Gasteiger partial charge in [-0.05, 0) is 71.5 Å². The fourth-order valence-electron chi connectivity index (χ4n) is 1.84. The number of nitrogens with one attached hydrogen (secondary N) is 2. The number of carbonyl (C=O) groups is 1. The van der Waals surface area contributed by atoms with E-state index in [2.05, 4.69) is 33.2 Å². The normalized spacial score (nSPS) is 10.8. The summed E-state index contributed by atoms with van der Waals surface area (Å²) in [6.07, 6.45) is 1.26. The van der Waals surface area contributed by atoms with E-state index in [9.17, 15) is 9.18 Å². The number of halogens is 2. The molecule has 0 aliphatic rings. The molecule has 0 aromatic heterocycles. The molecule has 0 saturated carbocycles. The third kappa shape index (κ3) is 4.79. The van der Waals surface area contributed by atoms with Gasteiger partial charge in [0.25, 0.3) is 5.91 Å². The first kappa shape index (κ1) is 17.0. The Hall–Kier alpha value is -2.40. The molecular formula is C17H13FIN3O. The zero-order valence-corrected chi connectivity index (χ0v) is 14.4. The van der Waals surface area contributed by atoms with E-state index in [1.807, 2.05) is 25.1 Å². The second-order valence-corrected chi connectivity index (χ2v) is 5.98. The second-order valence-electron chi connectivity index (χ2n) is 4.74. The number of nitriles is 1. The van der Waals surface area contributed by atoms with E-state index >= 15 is 0 Å². The van der Waals surface area contributed by atoms with E-state index in [1.165, 1.54) is 24.4 Å². The standard InChI is InChI=1S/C17H13FIN3O/c1-11-7-14(19)5-6-16(11)22-17(23)12(9-20)10-21-15-4-2-3-13(18)8-15/h2-8,10,21H,1H3,(H,22,23)/b12-10-. The van der Waals surface area contributed by atoms with Crippen LogP contribution in [-0.2, 0) is 4.79 Å². The highest BCUT2D eigenvalue weighted by Gasteiger charge is 2.10. The van der Waals surface area contributed by atoms with Crippen molar-refractivity contribution in [2.75, 3.05) is 10.6 Å². The van der Waals surface area contributed by atoms with Crippen molar-refractivity contribution in [3.05, 3.63) is 69.2 Å². The van der Waals surface area contributed by atoms with E-state index in [0.29, 0.717) is 11.4 Å². The average Bonchev–Trinajstić information content (AvgIpc) is 2.51. The third-order valence-electron chi connectivity index (χ3n) is 3.01. The average molecular weight is 421 g/mol. The number of hydrogen-bond donors (Lipinski definition) is 2. The SMILES string of the molecule is Cc1cc(I)ccc1NC(=O)/C(C#N)=C\Nc1cccc(F)c1. The predicted molar refractivity (Wildman–Crippen MR) is 96.2 cm³/mol. The number of amides is 1. The monoisotopic (exact) mass is 421 g/mol. The van der Waals surface area contributed by atoms with Crippen LogP contribution in [0.3, 0.4) is 0 Å². The van der Waals surface area contributed by atoms with Crippen molar-refractivity contribution in [2.45, 2.75) is 6.92 Å². The molecule has 0 saturated heterocycles. The maximum Gasteiger partial charge on any atom is 0.267 e. The molecule has 0 aliphatic carbocycles. The Morgan fingerprint density at radius 2 is 2.09 bits per heavy atom. The fraction of sp³-hybridized carbons (Fsp3) is 0.0588. The third-order valence-corrected chi connectivity index (χ3v) is 3.68. The van der Waals surface area contributed by atoms with Crippen molar-refractivity contribution >= 4 is 39.9 Å². The minimum absolute atomic E-state index is 0.104. The van der Waals surface area contributed by atoms with Crippen molar-refractivity contribution in [3.63, 3.8) is 0 Å². The van der Waals surface area contributed by atoms with Gasteiger partial charge in [0, 0.05) is 21.1 Å². The molecule has 0 fully saturated rings. The number of aryl methyl sites for hydroxylation is 1. The van der Waals surface area contributed by atoms with E-state index in [4.69, 9.17) is 5.26 Å². The molecule has 0 atom stereocenters. The molecule has 0 unspecified atom stereocenters. The van der Waals surface area contributed by atoms with Gasteiger partial charge in [-0.25, -0.2) is 4.39 Å². The molecule has 2 rings (SSSR count). The molecule has 116 valence electrons. The first-order valence-corrected chi connectivity index (χ1v) is 7.77. The lowest BCUT2D eigenvalue weighted by atomic mass is 10.2. The quantitative estimate of drug-likeness (QED) is 0.442. The Kier molecular flexibility index (Phi) is 5.71. The molecule has 0 bridgehead atoms. The Balaban J connectivity index is 2.12. The van der Waals surface area contributed by atoms with Crippen LogP contribution in [0.2, 0.25) is 0 Å². The van der Waals surface area contributed by atoms with Crippen molar-refractivity contribution in [2.24, 2.45) is 0 Å². The summed E-state index contributed by atoms with van der Waals surface area (Å²) in [6, 6.07) is 13.2. The molecule has 2 aromatic rings. The molecule has 4 nitrogen and oxygen atoms in total. The molecule has 2 aromatic carbocycles. The highest BCUT2D eigenvalue weighted by Crippen LogP contribution is 2.18. The lowest BCUT2D eigenvalue weighted by Gasteiger charge is -2.08. The van der Waals surface area contributed by atoms with Crippen LogP contribution in [0, 0.1) is 27.6 Å². The molecular weight excluding hydrogens is 408 g/mol. The van der Waals surface area contributed by atoms with Gasteiger partial charge in [0.05, 0.1) is 0 Å².